The Morgan fingerprint density at radius 1 is 1.11 bits per heavy atom. The van der Waals surface area contributed by atoms with Crippen molar-refractivity contribution in [2.45, 2.75) is 6.18 Å². The van der Waals surface area contributed by atoms with Gasteiger partial charge in [0.15, 0.2) is 0 Å². The lowest BCUT2D eigenvalue weighted by atomic mass is 10.1. The molecule has 0 radical (unpaired) electrons. The zero-order chi connectivity index (χ0) is 14.0. The summed E-state index contributed by atoms with van der Waals surface area (Å²) < 4.78 is 37.6. The van der Waals surface area contributed by atoms with E-state index in [9.17, 15) is 23.3 Å². The summed E-state index contributed by atoms with van der Waals surface area (Å²) in [4.78, 5) is 13.7. The Kier molecular flexibility index (Phi) is 3.20. The van der Waals surface area contributed by atoms with Crippen LogP contribution in [0.5, 0.6) is 0 Å². The molecule has 0 fully saturated rings. The molecule has 0 aliphatic carbocycles. The molecule has 0 amide bonds. The van der Waals surface area contributed by atoms with E-state index in [0.29, 0.717) is 5.56 Å². The molecule has 0 aliphatic rings. The molecule has 0 saturated heterocycles. The van der Waals surface area contributed by atoms with Gasteiger partial charge in [0.1, 0.15) is 0 Å². The first-order chi connectivity index (χ1) is 8.88. The van der Waals surface area contributed by atoms with E-state index >= 15 is 0 Å². The maximum atomic E-state index is 12.5. The summed E-state index contributed by atoms with van der Waals surface area (Å²) in [6.45, 7) is 0. The van der Waals surface area contributed by atoms with E-state index in [1.807, 2.05) is 0 Å². The smallest absolute Gasteiger partial charge is 0.258 e. The van der Waals surface area contributed by atoms with E-state index in [0.717, 1.165) is 18.3 Å². The van der Waals surface area contributed by atoms with Crippen molar-refractivity contribution >= 4 is 5.69 Å². The van der Waals surface area contributed by atoms with Crippen molar-refractivity contribution in [3.8, 4) is 11.3 Å². The van der Waals surface area contributed by atoms with Crippen molar-refractivity contribution in [1.82, 2.24) is 4.98 Å². The van der Waals surface area contributed by atoms with Gasteiger partial charge in [-0.3, -0.25) is 15.1 Å². The number of hydrogen-bond donors (Lipinski definition) is 0. The van der Waals surface area contributed by atoms with Gasteiger partial charge < -0.3 is 0 Å². The minimum Gasteiger partial charge on any atom is -0.258 e. The normalized spacial score (nSPS) is 11.3. The van der Waals surface area contributed by atoms with Gasteiger partial charge in [0.2, 0.25) is 0 Å². The van der Waals surface area contributed by atoms with Gasteiger partial charge in [0.25, 0.3) is 5.69 Å². The molecule has 2 aromatic rings. The van der Waals surface area contributed by atoms with Gasteiger partial charge in [0.05, 0.1) is 16.2 Å². The summed E-state index contributed by atoms with van der Waals surface area (Å²) in [5.74, 6) is 0. The van der Waals surface area contributed by atoms with E-state index in [-0.39, 0.29) is 11.4 Å². The molecule has 0 aliphatic heterocycles. The number of non-ortho nitro benzene ring substituents is 1. The van der Waals surface area contributed by atoms with Gasteiger partial charge >= 0.3 is 6.18 Å². The largest absolute Gasteiger partial charge is 0.416 e. The molecule has 1 heterocycles. The predicted octanol–water partition coefficient (Wildman–Crippen LogP) is 3.68. The Bertz CT molecular complexity index is 609. The summed E-state index contributed by atoms with van der Waals surface area (Å²) in [5.41, 5.74) is -0.437. The first-order valence-corrected chi connectivity index (χ1v) is 5.16. The second-order valence-corrected chi connectivity index (χ2v) is 3.73. The van der Waals surface area contributed by atoms with Crippen LogP contribution in [-0.4, -0.2) is 9.91 Å². The number of aromatic nitrogens is 1. The van der Waals surface area contributed by atoms with E-state index in [4.69, 9.17) is 0 Å². The van der Waals surface area contributed by atoms with Crippen LogP contribution in [0.1, 0.15) is 5.56 Å². The maximum Gasteiger partial charge on any atom is 0.416 e. The third-order valence-electron chi connectivity index (χ3n) is 2.46. The lowest BCUT2D eigenvalue weighted by Gasteiger charge is -2.07. The van der Waals surface area contributed by atoms with Crippen LogP contribution >= 0.6 is 0 Å². The predicted molar refractivity (Wildman–Crippen MR) is 61.3 cm³/mol. The zero-order valence-electron chi connectivity index (χ0n) is 9.39. The number of nitrogens with zero attached hydrogens (tertiary/aromatic N) is 2. The molecule has 7 heteroatoms. The number of pyridine rings is 1. The van der Waals surface area contributed by atoms with Crippen LogP contribution < -0.4 is 0 Å². The molecule has 19 heavy (non-hydrogen) atoms. The molecule has 0 N–H and O–H groups in total. The second-order valence-electron chi connectivity index (χ2n) is 3.73. The number of nitro groups is 1. The molecule has 0 unspecified atom stereocenters. The van der Waals surface area contributed by atoms with Gasteiger partial charge in [-0.05, 0) is 24.3 Å². The number of benzene rings is 1. The molecule has 0 atom stereocenters. The minimum absolute atomic E-state index is 0.115. The Morgan fingerprint density at radius 3 is 2.26 bits per heavy atom. The first kappa shape index (κ1) is 13.0. The van der Waals surface area contributed by atoms with Crippen molar-refractivity contribution in [2.24, 2.45) is 0 Å². The average molecular weight is 268 g/mol. The molecule has 1 aromatic heterocycles. The molecular weight excluding hydrogens is 261 g/mol. The fourth-order valence-corrected chi connectivity index (χ4v) is 1.52. The van der Waals surface area contributed by atoms with Crippen molar-refractivity contribution in [3.05, 3.63) is 58.3 Å². The molecular formula is C12H7F3N2O2. The van der Waals surface area contributed by atoms with Crippen LogP contribution in [0.2, 0.25) is 0 Å². The summed E-state index contributed by atoms with van der Waals surface area (Å²) in [6.07, 6.45) is -3.39. The van der Waals surface area contributed by atoms with Crippen LogP contribution in [0.3, 0.4) is 0 Å². The highest BCUT2D eigenvalue weighted by Crippen LogP contribution is 2.31. The van der Waals surface area contributed by atoms with Crippen molar-refractivity contribution in [3.63, 3.8) is 0 Å². The number of halogens is 3. The van der Waals surface area contributed by atoms with Crippen LogP contribution in [0.15, 0.2) is 42.6 Å². The van der Waals surface area contributed by atoms with Gasteiger partial charge in [-0.2, -0.15) is 13.2 Å². The van der Waals surface area contributed by atoms with Crippen molar-refractivity contribution in [1.29, 1.82) is 0 Å². The highest BCUT2D eigenvalue weighted by atomic mass is 19.4. The van der Waals surface area contributed by atoms with E-state index in [1.165, 1.54) is 24.3 Å². The summed E-state index contributed by atoms with van der Waals surface area (Å²) in [7, 11) is 0. The average Bonchev–Trinajstić information content (AvgIpc) is 2.38. The summed E-state index contributed by atoms with van der Waals surface area (Å²) in [5, 5.41) is 10.5. The topological polar surface area (TPSA) is 56.0 Å². The Labute approximate surface area is 105 Å². The summed E-state index contributed by atoms with van der Waals surface area (Å²) >= 11 is 0. The molecule has 0 saturated carbocycles. The van der Waals surface area contributed by atoms with Crippen LogP contribution in [0.4, 0.5) is 18.9 Å². The van der Waals surface area contributed by atoms with E-state index < -0.39 is 16.7 Å². The Morgan fingerprint density at radius 2 is 1.74 bits per heavy atom. The van der Waals surface area contributed by atoms with Crippen molar-refractivity contribution < 1.29 is 18.1 Å². The number of hydrogen-bond acceptors (Lipinski definition) is 3. The monoisotopic (exact) mass is 268 g/mol. The zero-order valence-corrected chi connectivity index (χ0v) is 9.39. The molecule has 98 valence electrons. The highest BCUT2D eigenvalue weighted by molar-refractivity contribution is 5.61. The van der Waals surface area contributed by atoms with Gasteiger partial charge in [-0.1, -0.05) is 0 Å². The first-order valence-electron chi connectivity index (χ1n) is 5.16. The number of alkyl halides is 3. The van der Waals surface area contributed by atoms with Gasteiger partial charge in [0, 0.05) is 23.9 Å². The lowest BCUT2D eigenvalue weighted by Crippen LogP contribution is -2.05. The van der Waals surface area contributed by atoms with E-state index in [1.54, 1.807) is 0 Å². The third-order valence-corrected chi connectivity index (χ3v) is 2.46. The summed E-state index contributed by atoms with van der Waals surface area (Å²) in [6, 6.07) is 6.94. The van der Waals surface area contributed by atoms with Gasteiger partial charge in [-0.15, -0.1) is 0 Å². The molecule has 1 aromatic carbocycles. The van der Waals surface area contributed by atoms with E-state index in [2.05, 4.69) is 4.98 Å². The quantitative estimate of drug-likeness (QED) is 0.616. The van der Waals surface area contributed by atoms with Crippen LogP contribution in [-0.2, 0) is 6.18 Å². The van der Waals surface area contributed by atoms with Gasteiger partial charge in [-0.25, -0.2) is 0 Å². The maximum absolute atomic E-state index is 12.5. The highest BCUT2D eigenvalue weighted by Gasteiger charge is 2.30. The van der Waals surface area contributed by atoms with Crippen LogP contribution in [0, 0.1) is 10.1 Å². The third kappa shape index (κ3) is 2.87. The van der Waals surface area contributed by atoms with Crippen molar-refractivity contribution in [2.75, 3.05) is 0 Å². The standard InChI is InChI=1S/C12H7F3N2O2/c13-12(14,15)9-5-6-16-11(7-9)8-1-3-10(4-2-8)17(18)19/h1-7H. The number of rotatable bonds is 2. The molecule has 2 rings (SSSR count). The lowest BCUT2D eigenvalue weighted by molar-refractivity contribution is -0.384. The molecule has 4 nitrogen and oxygen atoms in total. The second kappa shape index (κ2) is 4.68. The molecule has 0 spiro atoms. The number of nitro benzene ring substituents is 1. The SMILES string of the molecule is O=[N+]([O-])c1ccc(-c2cc(C(F)(F)F)ccn2)cc1. The Balaban J connectivity index is 2.39. The fraction of sp³-hybridized carbons (Fsp3) is 0.0833. The van der Waals surface area contributed by atoms with Crippen LogP contribution in [0.25, 0.3) is 11.3 Å². The Hall–Kier alpha value is -2.44. The molecule has 0 bridgehead atoms. The fourth-order valence-electron chi connectivity index (χ4n) is 1.52. The minimum atomic E-state index is -4.45.